The van der Waals surface area contributed by atoms with E-state index in [0.29, 0.717) is 6.42 Å². The Morgan fingerprint density at radius 2 is 1.55 bits per heavy atom. The van der Waals surface area contributed by atoms with Gasteiger partial charge in [-0.2, -0.15) is 0 Å². The van der Waals surface area contributed by atoms with Crippen molar-refractivity contribution in [2.24, 2.45) is 23.7 Å². The topological polar surface area (TPSA) is 29.5 Å². The standard InChI is InChI=1S/C26H45NO2/c1-29-26(28)17-14-21-13-16-25-24(18-21)22(15-12-20-8-4-2-5-9-20)19-27(25)23-10-6-3-7-11-23/h20-25H,2-19H2,1H3. The molecule has 3 aliphatic carbocycles. The second kappa shape index (κ2) is 10.6. The maximum absolute atomic E-state index is 11.7. The summed E-state index contributed by atoms with van der Waals surface area (Å²) in [4.78, 5) is 14.7. The van der Waals surface area contributed by atoms with Crippen LogP contribution in [0.5, 0.6) is 0 Å². The van der Waals surface area contributed by atoms with Crippen LogP contribution in [-0.2, 0) is 9.53 Å². The average Bonchev–Trinajstić information content (AvgIpc) is 3.15. The molecule has 0 bridgehead atoms. The molecule has 0 radical (unpaired) electrons. The van der Waals surface area contributed by atoms with Gasteiger partial charge in [-0.25, -0.2) is 0 Å². The molecule has 166 valence electrons. The second-order valence-corrected chi connectivity index (χ2v) is 10.9. The van der Waals surface area contributed by atoms with Gasteiger partial charge in [0.25, 0.3) is 0 Å². The van der Waals surface area contributed by atoms with E-state index in [1.165, 1.54) is 110 Å². The van der Waals surface area contributed by atoms with Crippen LogP contribution in [0.15, 0.2) is 0 Å². The third-order valence-corrected chi connectivity index (χ3v) is 9.15. The summed E-state index contributed by atoms with van der Waals surface area (Å²) in [6.45, 7) is 1.39. The number of methoxy groups -OCH3 is 1. The number of carbonyl (C=O) groups excluding carboxylic acids is 1. The van der Waals surface area contributed by atoms with Gasteiger partial charge in [0.1, 0.15) is 0 Å². The van der Waals surface area contributed by atoms with E-state index in [2.05, 4.69) is 4.90 Å². The molecule has 3 nitrogen and oxygen atoms in total. The van der Waals surface area contributed by atoms with Gasteiger partial charge in [0.15, 0.2) is 0 Å². The van der Waals surface area contributed by atoms with Gasteiger partial charge < -0.3 is 4.74 Å². The lowest BCUT2D eigenvalue weighted by Crippen LogP contribution is -2.43. The van der Waals surface area contributed by atoms with Crippen LogP contribution in [0.4, 0.5) is 0 Å². The van der Waals surface area contributed by atoms with Crippen molar-refractivity contribution >= 4 is 5.97 Å². The van der Waals surface area contributed by atoms with E-state index in [-0.39, 0.29) is 5.97 Å². The second-order valence-electron chi connectivity index (χ2n) is 10.9. The summed E-state index contributed by atoms with van der Waals surface area (Å²) >= 11 is 0. The molecule has 3 heteroatoms. The highest BCUT2D eigenvalue weighted by Crippen LogP contribution is 2.47. The normalized spacial score (nSPS) is 34.8. The highest BCUT2D eigenvalue weighted by atomic mass is 16.5. The smallest absolute Gasteiger partial charge is 0.305 e. The van der Waals surface area contributed by atoms with Crippen molar-refractivity contribution in [3.8, 4) is 0 Å². The molecule has 4 unspecified atom stereocenters. The number of hydrogen-bond donors (Lipinski definition) is 0. The van der Waals surface area contributed by atoms with Crippen LogP contribution in [0.1, 0.15) is 109 Å². The fourth-order valence-corrected chi connectivity index (χ4v) is 7.49. The van der Waals surface area contributed by atoms with Crippen molar-refractivity contribution < 1.29 is 9.53 Å². The molecule has 0 aromatic carbocycles. The zero-order chi connectivity index (χ0) is 20.1. The first-order valence-corrected chi connectivity index (χ1v) is 13.1. The van der Waals surface area contributed by atoms with Gasteiger partial charge in [0.2, 0.25) is 0 Å². The van der Waals surface area contributed by atoms with E-state index >= 15 is 0 Å². The van der Waals surface area contributed by atoms with Gasteiger partial charge in [-0.05, 0) is 68.6 Å². The van der Waals surface area contributed by atoms with E-state index in [4.69, 9.17) is 4.74 Å². The van der Waals surface area contributed by atoms with Crippen molar-refractivity contribution in [2.45, 2.75) is 121 Å². The third kappa shape index (κ3) is 5.57. The third-order valence-electron chi connectivity index (χ3n) is 9.15. The van der Waals surface area contributed by atoms with Gasteiger partial charge in [0.05, 0.1) is 7.11 Å². The first-order valence-electron chi connectivity index (χ1n) is 13.1. The number of carbonyl (C=O) groups is 1. The maximum Gasteiger partial charge on any atom is 0.305 e. The van der Waals surface area contributed by atoms with Crippen LogP contribution in [0.2, 0.25) is 0 Å². The number of fused-ring (bicyclic) bond motifs is 1. The Bertz CT molecular complexity index is 509. The molecule has 0 aromatic rings. The lowest BCUT2D eigenvalue weighted by atomic mass is 9.71. The Labute approximate surface area is 179 Å². The lowest BCUT2D eigenvalue weighted by Gasteiger charge is -2.41. The highest BCUT2D eigenvalue weighted by molar-refractivity contribution is 5.69. The molecule has 4 fully saturated rings. The largest absolute Gasteiger partial charge is 0.469 e. The molecule has 0 N–H and O–H groups in total. The van der Waals surface area contributed by atoms with E-state index in [9.17, 15) is 4.79 Å². The van der Waals surface area contributed by atoms with Crippen LogP contribution >= 0.6 is 0 Å². The van der Waals surface area contributed by atoms with Gasteiger partial charge in [-0.3, -0.25) is 9.69 Å². The van der Waals surface area contributed by atoms with Gasteiger partial charge in [0, 0.05) is 25.0 Å². The van der Waals surface area contributed by atoms with Crippen LogP contribution < -0.4 is 0 Å². The summed E-state index contributed by atoms with van der Waals surface area (Å²) < 4.78 is 4.90. The molecule has 0 amide bonds. The first kappa shape index (κ1) is 21.7. The van der Waals surface area contributed by atoms with Crippen LogP contribution in [0.3, 0.4) is 0 Å². The maximum atomic E-state index is 11.7. The zero-order valence-electron chi connectivity index (χ0n) is 19.0. The van der Waals surface area contributed by atoms with Crippen molar-refractivity contribution in [3.05, 3.63) is 0 Å². The summed E-state index contributed by atoms with van der Waals surface area (Å²) in [6, 6.07) is 1.73. The number of esters is 1. The molecular weight excluding hydrogens is 358 g/mol. The average molecular weight is 404 g/mol. The molecule has 0 spiro atoms. The Hall–Kier alpha value is -0.570. The van der Waals surface area contributed by atoms with Crippen LogP contribution in [0, 0.1) is 23.7 Å². The van der Waals surface area contributed by atoms with Gasteiger partial charge in [-0.15, -0.1) is 0 Å². The molecule has 4 rings (SSSR count). The first-order chi connectivity index (χ1) is 14.2. The van der Waals surface area contributed by atoms with E-state index in [1.807, 2.05) is 0 Å². The Kier molecular flexibility index (Phi) is 7.95. The number of rotatable bonds is 7. The molecule has 4 aliphatic rings. The Balaban J connectivity index is 1.37. The lowest BCUT2D eigenvalue weighted by molar-refractivity contribution is -0.141. The zero-order valence-corrected chi connectivity index (χ0v) is 19.0. The molecule has 0 aromatic heterocycles. The minimum absolute atomic E-state index is 0.0174. The highest BCUT2D eigenvalue weighted by Gasteiger charge is 2.46. The fourth-order valence-electron chi connectivity index (χ4n) is 7.49. The van der Waals surface area contributed by atoms with E-state index < -0.39 is 0 Å². The molecule has 1 saturated heterocycles. The summed E-state index contributed by atoms with van der Waals surface area (Å²) in [5, 5.41) is 0. The number of nitrogens with zero attached hydrogens (tertiary/aromatic N) is 1. The monoisotopic (exact) mass is 403 g/mol. The summed E-state index contributed by atoms with van der Waals surface area (Å²) in [7, 11) is 1.53. The minimum Gasteiger partial charge on any atom is -0.469 e. The van der Waals surface area contributed by atoms with Crippen molar-refractivity contribution in [1.82, 2.24) is 4.90 Å². The summed E-state index contributed by atoms with van der Waals surface area (Å²) in [5.41, 5.74) is 0. The predicted molar refractivity (Wildman–Crippen MR) is 119 cm³/mol. The molecule has 29 heavy (non-hydrogen) atoms. The van der Waals surface area contributed by atoms with E-state index in [0.717, 1.165) is 42.2 Å². The quantitative estimate of drug-likeness (QED) is 0.464. The van der Waals surface area contributed by atoms with Crippen molar-refractivity contribution in [3.63, 3.8) is 0 Å². The number of likely N-dealkylation sites (tertiary alicyclic amines) is 1. The van der Waals surface area contributed by atoms with Crippen LogP contribution in [0.25, 0.3) is 0 Å². The molecule has 3 saturated carbocycles. The molecule has 1 heterocycles. The fraction of sp³-hybridized carbons (Fsp3) is 0.962. The summed E-state index contributed by atoms with van der Waals surface area (Å²) in [6.07, 6.45) is 23.4. The van der Waals surface area contributed by atoms with Crippen molar-refractivity contribution in [1.29, 1.82) is 0 Å². The minimum atomic E-state index is -0.0174. The van der Waals surface area contributed by atoms with E-state index in [1.54, 1.807) is 0 Å². The molecule has 1 aliphatic heterocycles. The Morgan fingerprint density at radius 3 is 2.28 bits per heavy atom. The molecule has 4 atom stereocenters. The van der Waals surface area contributed by atoms with Crippen molar-refractivity contribution in [2.75, 3.05) is 13.7 Å². The van der Waals surface area contributed by atoms with Gasteiger partial charge in [-0.1, -0.05) is 57.8 Å². The SMILES string of the molecule is COC(=O)CCC1CCC2C(C1)C(CCC1CCCCC1)CN2C1CCCCC1. The molecular formula is C26H45NO2. The summed E-state index contributed by atoms with van der Waals surface area (Å²) in [5.74, 6) is 3.57. The number of ether oxygens (including phenoxy) is 1. The number of hydrogen-bond acceptors (Lipinski definition) is 3. The van der Waals surface area contributed by atoms with Gasteiger partial charge >= 0.3 is 5.97 Å². The predicted octanol–water partition coefficient (Wildman–Crippen LogP) is 6.35. The van der Waals surface area contributed by atoms with Crippen LogP contribution in [-0.4, -0.2) is 36.6 Å². The Morgan fingerprint density at radius 1 is 0.828 bits per heavy atom.